The molecule has 162 valence electrons. The average molecular weight is 431 g/mol. The zero-order chi connectivity index (χ0) is 21.7. The van der Waals surface area contributed by atoms with Crippen molar-refractivity contribution < 1.29 is 14.3 Å². The molecule has 1 unspecified atom stereocenters. The number of anilines is 2. The minimum atomic E-state index is -0.190. The molecule has 0 bridgehead atoms. The van der Waals surface area contributed by atoms with Crippen LogP contribution in [0.15, 0.2) is 35.7 Å². The average Bonchev–Trinajstić information content (AvgIpc) is 3.41. The van der Waals surface area contributed by atoms with Crippen molar-refractivity contribution in [3.63, 3.8) is 0 Å². The normalized spacial score (nSPS) is 15.7. The molecule has 30 heavy (non-hydrogen) atoms. The van der Waals surface area contributed by atoms with Crippen LogP contribution in [0.3, 0.4) is 0 Å². The Morgan fingerprint density at radius 3 is 2.60 bits per heavy atom. The molecule has 8 heteroatoms. The first-order chi connectivity index (χ1) is 14.3. The first-order valence-corrected chi connectivity index (χ1v) is 11.0. The largest absolute Gasteiger partial charge is 0.377 e. The maximum absolute atomic E-state index is 13.2. The predicted octanol–water partition coefficient (Wildman–Crippen LogP) is 3.73. The first-order valence-electron chi connectivity index (χ1n) is 10.1. The molecule has 1 aliphatic rings. The number of hydrogen-bond donors (Lipinski definition) is 1. The van der Waals surface area contributed by atoms with E-state index in [0.29, 0.717) is 18.8 Å². The summed E-state index contributed by atoms with van der Waals surface area (Å²) in [6.45, 7) is 1.74. The Labute approximate surface area is 182 Å². The summed E-state index contributed by atoms with van der Waals surface area (Å²) in [6.07, 6.45) is 2.06. The van der Waals surface area contributed by atoms with E-state index in [1.807, 2.05) is 59.6 Å². The van der Waals surface area contributed by atoms with Crippen molar-refractivity contribution in [1.82, 2.24) is 9.80 Å². The zero-order valence-corrected chi connectivity index (χ0v) is 18.9. The predicted molar refractivity (Wildman–Crippen MR) is 122 cm³/mol. The monoisotopic (exact) mass is 430 g/mol. The van der Waals surface area contributed by atoms with Crippen LogP contribution in [0.1, 0.15) is 28.1 Å². The van der Waals surface area contributed by atoms with Crippen LogP contribution in [0.2, 0.25) is 0 Å². The van der Waals surface area contributed by atoms with Crippen molar-refractivity contribution in [2.45, 2.75) is 25.5 Å². The van der Waals surface area contributed by atoms with Crippen molar-refractivity contribution >= 4 is 34.6 Å². The minimum absolute atomic E-state index is 0.00735. The summed E-state index contributed by atoms with van der Waals surface area (Å²) in [5.41, 5.74) is 2.68. The molecule has 1 saturated heterocycles. The van der Waals surface area contributed by atoms with Gasteiger partial charge < -0.3 is 24.8 Å². The Kier molecular flexibility index (Phi) is 7.33. The maximum Gasteiger partial charge on any atom is 0.321 e. The summed E-state index contributed by atoms with van der Waals surface area (Å²) in [4.78, 5) is 31.4. The Morgan fingerprint density at radius 2 is 2.00 bits per heavy atom. The number of rotatable bonds is 7. The highest BCUT2D eigenvalue weighted by molar-refractivity contribution is 7.12. The van der Waals surface area contributed by atoms with Gasteiger partial charge >= 0.3 is 6.03 Å². The third kappa shape index (κ3) is 5.52. The minimum Gasteiger partial charge on any atom is -0.377 e. The summed E-state index contributed by atoms with van der Waals surface area (Å²) in [6, 6.07) is 9.36. The number of nitrogens with one attached hydrogen (secondary N) is 1. The molecule has 0 radical (unpaired) electrons. The Balaban J connectivity index is 1.88. The van der Waals surface area contributed by atoms with E-state index >= 15 is 0 Å². The van der Waals surface area contributed by atoms with Gasteiger partial charge in [0, 0.05) is 59.3 Å². The van der Waals surface area contributed by atoms with Gasteiger partial charge in [0.1, 0.15) is 0 Å². The number of thiophene rings is 1. The van der Waals surface area contributed by atoms with Crippen LogP contribution in [-0.4, -0.2) is 69.2 Å². The fourth-order valence-electron chi connectivity index (χ4n) is 3.48. The van der Waals surface area contributed by atoms with Crippen LogP contribution < -0.4 is 10.2 Å². The number of nitrogens with zero attached hydrogens (tertiary/aromatic N) is 3. The second-order valence-corrected chi connectivity index (χ2v) is 8.81. The van der Waals surface area contributed by atoms with Gasteiger partial charge in [-0.1, -0.05) is 6.07 Å². The molecule has 3 rings (SSSR count). The van der Waals surface area contributed by atoms with E-state index in [4.69, 9.17) is 4.74 Å². The van der Waals surface area contributed by atoms with Gasteiger partial charge in [-0.2, -0.15) is 0 Å². The third-order valence-corrected chi connectivity index (χ3v) is 5.90. The van der Waals surface area contributed by atoms with Crippen LogP contribution >= 0.6 is 11.3 Å². The number of urea groups is 1. The Bertz CT molecular complexity index is 861. The van der Waals surface area contributed by atoms with Gasteiger partial charge in [-0.3, -0.25) is 4.79 Å². The molecule has 0 spiro atoms. The molecule has 1 fully saturated rings. The standard InChI is InChI=1S/C22H30N4O3S/c1-24(2)19-10-9-17(23-22(28)25(3)4)13-16(19)14-26(15-18-7-5-11-29-18)21(27)20-8-6-12-30-20/h6,8-10,12-13,18H,5,7,11,14-15H2,1-4H3,(H,23,28). The van der Waals surface area contributed by atoms with Crippen molar-refractivity contribution in [3.05, 3.63) is 46.2 Å². The van der Waals surface area contributed by atoms with E-state index < -0.39 is 0 Å². The second kappa shape index (κ2) is 9.95. The number of carbonyl (C=O) groups is 2. The molecule has 7 nitrogen and oxygen atoms in total. The number of amides is 3. The molecule has 1 aromatic heterocycles. The molecule has 1 aromatic carbocycles. The van der Waals surface area contributed by atoms with Crippen LogP contribution in [0.4, 0.5) is 16.2 Å². The van der Waals surface area contributed by atoms with Gasteiger partial charge in [0.25, 0.3) is 5.91 Å². The van der Waals surface area contributed by atoms with Crippen molar-refractivity contribution in [3.8, 4) is 0 Å². The molecule has 1 aliphatic heterocycles. The summed E-state index contributed by atoms with van der Waals surface area (Å²) >= 11 is 1.45. The molecular formula is C22H30N4O3S. The van der Waals surface area contributed by atoms with Gasteiger partial charge in [-0.25, -0.2) is 4.79 Å². The van der Waals surface area contributed by atoms with Gasteiger partial charge in [-0.05, 0) is 48.1 Å². The Morgan fingerprint density at radius 1 is 1.20 bits per heavy atom. The highest BCUT2D eigenvalue weighted by Gasteiger charge is 2.25. The summed E-state index contributed by atoms with van der Waals surface area (Å²) in [5, 5.41) is 4.81. The molecule has 2 aromatic rings. The van der Waals surface area contributed by atoms with Crippen molar-refractivity contribution in [1.29, 1.82) is 0 Å². The molecule has 1 atom stereocenters. The second-order valence-electron chi connectivity index (χ2n) is 7.86. The van der Waals surface area contributed by atoms with E-state index in [-0.39, 0.29) is 18.0 Å². The lowest BCUT2D eigenvalue weighted by molar-refractivity contribution is 0.0511. The number of hydrogen-bond acceptors (Lipinski definition) is 5. The lowest BCUT2D eigenvalue weighted by Crippen LogP contribution is -2.37. The molecular weight excluding hydrogens is 400 g/mol. The molecule has 1 N–H and O–H groups in total. The lowest BCUT2D eigenvalue weighted by Gasteiger charge is -2.28. The fraction of sp³-hybridized carbons (Fsp3) is 0.455. The topological polar surface area (TPSA) is 65.1 Å². The molecule has 0 saturated carbocycles. The van der Waals surface area contributed by atoms with Crippen LogP contribution in [0.5, 0.6) is 0 Å². The van der Waals surface area contributed by atoms with Crippen LogP contribution in [0.25, 0.3) is 0 Å². The van der Waals surface area contributed by atoms with Gasteiger partial charge in [0.2, 0.25) is 0 Å². The van der Waals surface area contributed by atoms with Gasteiger partial charge in [-0.15, -0.1) is 11.3 Å². The highest BCUT2D eigenvalue weighted by Crippen LogP contribution is 2.27. The molecule has 2 heterocycles. The van der Waals surface area contributed by atoms with Crippen LogP contribution in [0, 0.1) is 0 Å². The number of benzene rings is 1. The van der Waals surface area contributed by atoms with E-state index in [9.17, 15) is 9.59 Å². The van der Waals surface area contributed by atoms with E-state index in [1.165, 1.54) is 16.2 Å². The maximum atomic E-state index is 13.2. The fourth-order valence-corrected chi connectivity index (χ4v) is 4.17. The summed E-state index contributed by atoms with van der Waals surface area (Å²) < 4.78 is 5.81. The summed E-state index contributed by atoms with van der Waals surface area (Å²) in [7, 11) is 7.35. The SMILES string of the molecule is CN(C)C(=O)Nc1ccc(N(C)C)c(CN(CC2CCCO2)C(=O)c2cccs2)c1. The lowest BCUT2D eigenvalue weighted by atomic mass is 10.1. The van der Waals surface area contributed by atoms with Crippen molar-refractivity contribution in [2.24, 2.45) is 0 Å². The number of ether oxygens (including phenoxy) is 1. The highest BCUT2D eigenvalue weighted by atomic mass is 32.1. The molecule has 3 amide bonds. The molecule has 0 aliphatic carbocycles. The van der Waals surface area contributed by atoms with Gasteiger partial charge in [0.05, 0.1) is 11.0 Å². The quantitative estimate of drug-likeness (QED) is 0.727. The van der Waals surface area contributed by atoms with Crippen molar-refractivity contribution in [2.75, 3.05) is 51.6 Å². The smallest absolute Gasteiger partial charge is 0.321 e. The first kappa shape index (κ1) is 22.1. The Hall–Kier alpha value is -2.58. The summed E-state index contributed by atoms with van der Waals surface area (Å²) in [5.74, 6) is 0.00735. The van der Waals surface area contributed by atoms with E-state index in [2.05, 4.69) is 5.32 Å². The van der Waals surface area contributed by atoms with E-state index in [0.717, 1.165) is 35.6 Å². The number of carbonyl (C=O) groups excluding carboxylic acids is 2. The van der Waals surface area contributed by atoms with Crippen LogP contribution in [-0.2, 0) is 11.3 Å². The van der Waals surface area contributed by atoms with Gasteiger partial charge in [0.15, 0.2) is 0 Å². The zero-order valence-electron chi connectivity index (χ0n) is 18.1. The third-order valence-electron chi connectivity index (χ3n) is 5.05. The van der Waals surface area contributed by atoms with E-state index in [1.54, 1.807) is 14.1 Å².